The van der Waals surface area contributed by atoms with E-state index in [1.165, 1.54) is 4.31 Å². The van der Waals surface area contributed by atoms with Gasteiger partial charge in [0.2, 0.25) is 10.0 Å². The fourth-order valence-electron chi connectivity index (χ4n) is 3.60. The predicted molar refractivity (Wildman–Crippen MR) is 124 cm³/mol. The number of nitrogens with zero attached hydrogens (tertiary/aromatic N) is 4. The molecule has 1 aliphatic heterocycles. The fraction of sp³-hybridized carbons (Fsp3) is 0.273. The van der Waals surface area contributed by atoms with E-state index in [9.17, 15) is 8.42 Å². The zero-order valence-corrected chi connectivity index (χ0v) is 19.5. The van der Waals surface area contributed by atoms with Crippen molar-refractivity contribution in [3.8, 4) is 11.3 Å². The number of anilines is 1. The van der Waals surface area contributed by atoms with Crippen molar-refractivity contribution in [1.82, 2.24) is 14.5 Å². The van der Waals surface area contributed by atoms with Crippen LogP contribution in [-0.2, 0) is 10.0 Å². The van der Waals surface area contributed by atoms with Gasteiger partial charge in [-0.25, -0.2) is 8.42 Å². The van der Waals surface area contributed by atoms with Crippen molar-refractivity contribution in [2.24, 2.45) is 0 Å². The predicted octanol–water partition coefficient (Wildman–Crippen LogP) is 4.58. The van der Waals surface area contributed by atoms with E-state index in [-0.39, 0.29) is 0 Å². The maximum absolute atomic E-state index is 13.2. The lowest BCUT2D eigenvalue weighted by atomic mass is 10.1. The van der Waals surface area contributed by atoms with E-state index in [0.717, 1.165) is 22.6 Å². The van der Waals surface area contributed by atoms with Gasteiger partial charge >= 0.3 is 0 Å². The molecule has 6 nitrogen and oxygen atoms in total. The van der Waals surface area contributed by atoms with Crippen LogP contribution in [0, 0.1) is 13.8 Å². The van der Waals surface area contributed by atoms with Gasteiger partial charge in [-0.3, -0.25) is 0 Å². The molecule has 1 aromatic heterocycles. The average Bonchev–Trinajstić information content (AvgIpc) is 2.77. The maximum atomic E-state index is 13.2. The van der Waals surface area contributed by atoms with Crippen molar-refractivity contribution >= 4 is 39.0 Å². The summed E-state index contributed by atoms with van der Waals surface area (Å²) in [6.45, 7) is 5.42. The molecular formula is C22H22Cl2N4O2S. The van der Waals surface area contributed by atoms with E-state index in [1.54, 1.807) is 19.1 Å². The molecule has 0 radical (unpaired) electrons. The lowest BCUT2D eigenvalue weighted by molar-refractivity contribution is 0.383. The molecule has 1 aliphatic rings. The summed E-state index contributed by atoms with van der Waals surface area (Å²) in [5, 5.41) is 9.90. The standard InChI is InChI=1S/C22H22Cl2N4O2S/c1-15-14-21(16(2)13-19(15)24)31(29,30)28-11-9-27(10-12-28)22-8-7-20(25-26-22)17-3-5-18(23)6-4-17/h3-8,13-14H,9-12H2,1-2H3. The molecule has 162 valence electrons. The second kappa shape index (κ2) is 8.74. The van der Waals surface area contributed by atoms with E-state index < -0.39 is 10.0 Å². The smallest absolute Gasteiger partial charge is 0.243 e. The quantitative estimate of drug-likeness (QED) is 0.551. The number of piperazine rings is 1. The van der Waals surface area contributed by atoms with Crippen molar-refractivity contribution in [2.45, 2.75) is 18.7 Å². The number of hydrogen-bond donors (Lipinski definition) is 0. The number of sulfonamides is 1. The van der Waals surface area contributed by atoms with Crippen LogP contribution in [0.4, 0.5) is 5.82 Å². The summed E-state index contributed by atoms with van der Waals surface area (Å²) in [7, 11) is -3.58. The summed E-state index contributed by atoms with van der Waals surface area (Å²) in [4.78, 5) is 2.36. The van der Waals surface area contributed by atoms with E-state index in [1.807, 2.05) is 48.2 Å². The molecule has 1 saturated heterocycles. The minimum Gasteiger partial charge on any atom is -0.352 e. The number of halogens is 2. The van der Waals surface area contributed by atoms with Crippen molar-refractivity contribution in [3.05, 3.63) is 69.7 Å². The molecule has 31 heavy (non-hydrogen) atoms. The third kappa shape index (κ3) is 4.55. The Balaban J connectivity index is 1.46. The molecule has 0 aliphatic carbocycles. The van der Waals surface area contributed by atoms with Crippen LogP contribution in [-0.4, -0.2) is 49.1 Å². The van der Waals surface area contributed by atoms with Gasteiger partial charge < -0.3 is 4.90 Å². The van der Waals surface area contributed by atoms with E-state index in [0.29, 0.717) is 46.7 Å². The zero-order chi connectivity index (χ0) is 22.2. The minimum atomic E-state index is -3.58. The van der Waals surface area contributed by atoms with Crippen LogP contribution < -0.4 is 4.90 Å². The van der Waals surface area contributed by atoms with Crippen molar-refractivity contribution in [2.75, 3.05) is 31.1 Å². The summed E-state index contributed by atoms with van der Waals surface area (Å²) in [5.74, 6) is 0.730. The molecule has 0 bridgehead atoms. The first kappa shape index (κ1) is 22.0. The Bertz CT molecular complexity index is 1190. The first-order chi connectivity index (χ1) is 14.8. The highest BCUT2D eigenvalue weighted by Gasteiger charge is 2.30. The summed E-state index contributed by atoms with van der Waals surface area (Å²) in [6.07, 6.45) is 0. The highest BCUT2D eigenvalue weighted by molar-refractivity contribution is 7.89. The van der Waals surface area contributed by atoms with Gasteiger partial charge in [-0.1, -0.05) is 35.3 Å². The molecule has 2 aromatic carbocycles. The molecule has 0 saturated carbocycles. The number of aryl methyl sites for hydroxylation is 2. The summed E-state index contributed by atoms with van der Waals surface area (Å²) >= 11 is 12.1. The van der Waals surface area contributed by atoms with Crippen LogP contribution in [0.25, 0.3) is 11.3 Å². The Kier molecular flexibility index (Phi) is 6.21. The third-order valence-electron chi connectivity index (χ3n) is 5.43. The molecule has 0 N–H and O–H groups in total. The Morgan fingerprint density at radius 1 is 0.839 bits per heavy atom. The molecule has 9 heteroatoms. The van der Waals surface area contributed by atoms with Gasteiger partial charge in [0.15, 0.2) is 5.82 Å². The molecule has 1 fully saturated rings. The van der Waals surface area contributed by atoms with Crippen molar-refractivity contribution in [1.29, 1.82) is 0 Å². The molecule has 2 heterocycles. The normalized spacial score (nSPS) is 15.3. The van der Waals surface area contributed by atoms with E-state index >= 15 is 0 Å². The van der Waals surface area contributed by atoms with Gasteiger partial charge in [-0.2, -0.15) is 4.31 Å². The van der Waals surface area contributed by atoms with Gasteiger partial charge in [0.05, 0.1) is 10.6 Å². The summed E-state index contributed by atoms with van der Waals surface area (Å²) < 4.78 is 27.9. The Hall–Kier alpha value is -2.19. The maximum Gasteiger partial charge on any atom is 0.243 e. The second-order valence-electron chi connectivity index (χ2n) is 7.54. The molecule has 0 spiro atoms. The van der Waals surface area contributed by atoms with Crippen molar-refractivity contribution < 1.29 is 8.42 Å². The summed E-state index contributed by atoms with van der Waals surface area (Å²) in [5.41, 5.74) is 3.10. The number of rotatable bonds is 4. The van der Waals surface area contributed by atoms with Crippen LogP contribution in [0.15, 0.2) is 53.4 Å². The van der Waals surface area contributed by atoms with Gasteiger partial charge in [0.1, 0.15) is 0 Å². The van der Waals surface area contributed by atoms with Crippen LogP contribution >= 0.6 is 23.2 Å². The average molecular weight is 477 g/mol. The van der Waals surface area contributed by atoms with Crippen LogP contribution in [0.2, 0.25) is 10.0 Å². The molecule has 4 rings (SSSR count). The molecule has 0 amide bonds. The first-order valence-electron chi connectivity index (χ1n) is 9.87. The number of aromatic nitrogens is 2. The lowest BCUT2D eigenvalue weighted by Gasteiger charge is -2.34. The van der Waals surface area contributed by atoms with Crippen LogP contribution in [0.5, 0.6) is 0 Å². The third-order valence-corrected chi connectivity index (χ3v) is 8.13. The Labute approximate surface area is 192 Å². The minimum absolute atomic E-state index is 0.315. The SMILES string of the molecule is Cc1cc(S(=O)(=O)N2CCN(c3ccc(-c4ccc(Cl)cc4)nn3)CC2)c(C)cc1Cl. The van der Waals surface area contributed by atoms with Gasteiger partial charge in [-0.15, -0.1) is 10.2 Å². The molecule has 3 aromatic rings. The summed E-state index contributed by atoms with van der Waals surface area (Å²) in [6, 6.07) is 14.6. The van der Waals surface area contributed by atoms with Crippen LogP contribution in [0.1, 0.15) is 11.1 Å². The Morgan fingerprint density at radius 2 is 1.52 bits per heavy atom. The largest absolute Gasteiger partial charge is 0.352 e. The number of hydrogen-bond acceptors (Lipinski definition) is 5. The van der Waals surface area contributed by atoms with Gasteiger partial charge in [-0.05, 0) is 61.4 Å². The Morgan fingerprint density at radius 3 is 2.13 bits per heavy atom. The zero-order valence-electron chi connectivity index (χ0n) is 17.2. The highest BCUT2D eigenvalue weighted by Crippen LogP contribution is 2.28. The monoisotopic (exact) mass is 476 g/mol. The molecular weight excluding hydrogens is 455 g/mol. The highest BCUT2D eigenvalue weighted by atomic mass is 35.5. The second-order valence-corrected chi connectivity index (χ2v) is 10.3. The topological polar surface area (TPSA) is 66.4 Å². The van der Waals surface area contributed by atoms with Gasteiger partial charge in [0, 0.05) is 41.8 Å². The van der Waals surface area contributed by atoms with E-state index in [2.05, 4.69) is 10.2 Å². The van der Waals surface area contributed by atoms with E-state index in [4.69, 9.17) is 23.2 Å². The molecule has 0 atom stereocenters. The van der Waals surface area contributed by atoms with Crippen LogP contribution in [0.3, 0.4) is 0 Å². The molecule has 0 unspecified atom stereocenters. The van der Waals surface area contributed by atoms with Crippen molar-refractivity contribution in [3.63, 3.8) is 0 Å². The first-order valence-corrected chi connectivity index (χ1v) is 12.1. The number of benzene rings is 2. The van der Waals surface area contributed by atoms with Gasteiger partial charge in [0.25, 0.3) is 0 Å². The fourth-order valence-corrected chi connectivity index (χ4v) is 5.66. The lowest BCUT2D eigenvalue weighted by Crippen LogP contribution is -2.49.